The molecule has 3 aromatic rings. The summed E-state index contributed by atoms with van der Waals surface area (Å²) in [5.74, 6) is 1.56. The van der Waals surface area contributed by atoms with E-state index in [1.165, 1.54) is 12.4 Å². The lowest BCUT2D eigenvalue weighted by Gasteiger charge is -2.08. The molecule has 1 aromatic heterocycles. The molecule has 1 amide bonds. The number of carbonyl (C=O) groups excluding carboxylic acids is 1. The standard InChI is InChI=1S/C20H18N4O3/c1-13-4-2-3-5-14(13)9-21-19(25)15-10-22-20(23-11-15)24-16-6-7-17-18(8-16)27-12-26-17/h2-8,10-11H,9,12H2,1H3,(H,21,25)(H,22,23,24). The number of anilines is 2. The van der Waals surface area contributed by atoms with E-state index in [4.69, 9.17) is 9.47 Å². The van der Waals surface area contributed by atoms with Gasteiger partial charge in [-0.2, -0.15) is 0 Å². The third-order valence-electron chi connectivity index (χ3n) is 4.24. The number of ether oxygens (including phenoxy) is 2. The summed E-state index contributed by atoms with van der Waals surface area (Å²) in [7, 11) is 0. The van der Waals surface area contributed by atoms with E-state index in [2.05, 4.69) is 20.6 Å². The smallest absolute Gasteiger partial charge is 0.254 e. The highest BCUT2D eigenvalue weighted by Gasteiger charge is 2.14. The van der Waals surface area contributed by atoms with E-state index in [0.717, 1.165) is 16.8 Å². The van der Waals surface area contributed by atoms with Crippen LogP contribution in [0.1, 0.15) is 21.5 Å². The molecule has 0 unspecified atom stereocenters. The number of benzene rings is 2. The number of aromatic nitrogens is 2. The Morgan fingerprint density at radius 3 is 2.67 bits per heavy atom. The van der Waals surface area contributed by atoms with Crippen LogP contribution in [0.3, 0.4) is 0 Å². The lowest BCUT2D eigenvalue weighted by atomic mass is 10.1. The van der Waals surface area contributed by atoms with Crippen molar-refractivity contribution < 1.29 is 14.3 Å². The molecule has 1 aliphatic rings. The van der Waals surface area contributed by atoms with Crippen molar-refractivity contribution in [3.8, 4) is 11.5 Å². The maximum atomic E-state index is 12.3. The normalized spacial score (nSPS) is 11.9. The molecular formula is C20H18N4O3. The van der Waals surface area contributed by atoms with Crippen LogP contribution in [-0.4, -0.2) is 22.7 Å². The largest absolute Gasteiger partial charge is 0.454 e. The van der Waals surface area contributed by atoms with Crippen LogP contribution in [0.15, 0.2) is 54.9 Å². The van der Waals surface area contributed by atoms with Crippen molar-refractivity contribution in [2.24, 2.45) is 0 Å². The highest BCUT2D eigenvalue weighted by Crippen LogP contribution is 2.34. The highest BCUT2D eigenvalue weighted by molar-refractivity contribution is 5.93. The molecule has 0 bridgehead atoms. The second kappa shape index (κ2) is 7.33. The average molecular weight is 362 g/mol. The third-order valence-corrected chi connectivity index (χ3v) is 4.24. The van der Waals surface area contributed by atoms with E-state index in [-0.39, 0.29) is 12.7 Å². The summed E-state index contributed by atoms with van der Waals surface area (Å²) >= 11 is 0. The predicted molar refractivity (Wildman–Crippen MR) is 100 cm³/mol. The van der Waals surface area contributed by atoms with Crippen LogP contribution in [0.5, 0.6) is 11.5 Å². The quantitative estimate of drug-likeness (QED) is 0.725. The summed E-state index contributed by atoms with van der Waals surface area (Å²) in [6.45, 7) is 2.70. The molecule has 2 aromatic carbocycles. The van der Waals surface area contributed by atoms with Gasteiger partial charge in [0.25, 0.3) is 5.91 Å². The number of rotatable bonds is 5. The van der Waals surface area contributed by atoms with Crippen molar-refractivity contribution >= 4 is 17.5 Å². The number of carbonyl (C=O) groups is 1. The van der Waals surface area contributed by atoms with Gasteiger partial charge in [0, 0.05) is 30.7 Å². The maximum absolute atomic E-state index is 12.3. The minimum atomic E-state index is -0.215. The topological polar surface area (TPSA) is 85.4 Å². The number of amides is 1. The van der Waals surface area contributed by atoms with Gasteiger partial charge in [-0.15, -0.1) is 0 Å². The summed E-state index contributed by atoms with van der Waals surface area (Å²) in [5.41, 5.74) is 3.39. The van der Waals surface area contributed by atoms with Gasteiger partial charge in [0.1, 0.15) is 0 Å². The molecule has 0 radical (unpaired) electrons. The number of nitrogens with one attached hydrogen (secondary N) is 2. The lowest BCUT2D eigenvalue weighted by Crippen LogP contribution is -2.23. The van der Waals surface area contributed by atoms with Gasteiger partial charge in [-0.1, -0.05) is 24.3 Å². The SMILES string of the molecule is Cc1ccccc1CNC(=O)c1cnc(Nc2ccc3c(c2)OCO3)nc1. The minimum Gasteiger partial charge on any atom is -0.454 e. The van der Waals surface area contributed by atoms with Crippen LogP contribution in [0.2, 0.25) is 0 Å². The lowest BCUT2D eigenvalue weighted by molar-refractivity contribution is 0.0950. The maximum Gasteiger partial charge on any atom is 0.254 e. The van der Waals surface area contributed by atoms with Crippen molar-refractivity contribution in [2.75, 3.05) is 12.1 Å². The molecule has 0 fully saturated rings. The van der Waals surface area contributed by atoms with Crippen LogP contribution in [0.4, 0.5) is 11.6 Å². The van der Waals surface area contributed by atoms with E-state index < -0.39 is 0 Å². The van der Waals surface area contributed by atoms with E-state index in [9.17, 15) is 4.79 Å². The Labute approximate surface area is 156 Å². The van der Waals surface area contributed by atoms with E-state index in [1.54, 1.807) is 0 Å². The van der Waals surface area contributed by atoms with Crippen LogP contribution in [0, 0.1) is 6.92 Å². The van der Waals surface area contributed by atoms with Gasteiger partial charge < -0.3 is 20.1 Å². The summed E-state index contributed by atoms with van der Waals surface area (Å²) < 4.78 is 10.6. The molecule has 136 valence electrons. The molecule has 7 nitrogen and oxygen atoms in total. The Kier molecular flexibility index (Phi) is 4.57. The average Bonchev–Trinajstić information content (AvgIpc) is 3.15. The third kappa shape index (κ3) is 3.82. The van der Waals surface area contributed by atoms with Gasteiger partial charge in [0.2, 0.25) is 12.7 Å². The molecule has 7 heteroatoms. The molecule has 2 heterocycles. The summed E-state index contributed by atoms with van der Waals surface area (Å²) in [4.78, 5) is 20.7. The second-order valence-corrected chi connectivity index (χ2v) is 6.10. The fraction of sp³-hybridized carbons (Fsp3) is 0.150. The van der Waals surface area contributed by atoms with Crippen molar-refractivity contribution in [3.63, 3.8) is 0 Å². The van der Waals surface area contributed by atoms with Gasteiger partial charge >= 0.3 is 0 Å². The molecule has 0 saturated heterocycles. The van der Waals surface area contributed by atoms with Crippen molar-refractivity contribution in [3.05, 3.63) is 71.5 Å². The molecule has 1 aliphatic heterocycles. The minimum absolute atomic E-state index is 0.215. The van der Waals surface area contributed by atoms with Gasteiger partial charge in [-0.3, -0.25) is 4.79 Å². The summed E-state index contributed by atoms with van der Waals surface area (Å²) in [6.07, 6.45) is 2.99. The van der Waals surface area contributed by atoms with E-state index >= 15 is 0 Å². The van der Waals surface area contributed by atoms with Crippen molar-refractivity contribution in [1.29, 1.82) is 0 Å². The van der Waals surface area contributed by atoms with E-state index in [0.29, 0.717) is 29.6 Å². The first-order valence-electron chi connectivity index (χ1n) is 8.50. The molecule has 2 N–H and O–H groups in total. The number of hydrogen-bond donors (Lipinski definition) is 2. The Hall–Kier alpha value is -3.61. The zero-order chi connectivity index (χ0) is 18.6. The van der Waals surface area contributed by atoms with Crippen LogP contribution >= 0.6 is 0 Å². The molecule has 0 spiro atoms. The van der Waals surface area contributed by atoms with Gasteiger partial charge in [-0.25, -0.2) is 9.97 Å². The molecular weight excluding hydrogens is 344 g/mol. The molecule has 4 rings (SSSR count). The molecule has 0 saturated carbocycles. The van der Waals surface area contributed by atoms with Crippen LogP contribution in [0.25, 0.3) is 0 Å². The summed E-state index contributed by atoms with van der Waals surface area (Å²) in [5, 5.41) is 5.96. The van der Waals surface area contributed by atoms with Gasteiger partial charge in [0.05, 0.1) is 5.56 Å². The second-order valence-electron chi connectivity index (χ2n) is 6.10. The highest BCUT2D eigenvalue weighted by atomic mass is 16.7. The first kappa shape index (κ1) is 16.8. The summed E-state index contributed by atoms with van der Waals surface area (Å²) in [6, 6.07) is 13.4. The first-order valence-corrected chi connectivity index (χ1v) is 8.50. The number of aryl methyl sites for hydroxylation is 1. The predicted octanol–water partition coefficient (Wildman–Crippen LogP) is 3.19. The Balaban J connectivity index is 1.38. The van der Waals surface area contributed by atoms with Crippen LogP contribution in [-0.2, 0) is 6.54 Å². The van der Waals surface area contributed by atoms with Crippen molar-refractivity contribution in [1.82, 2.24) is 15.3 Å². The first-order chi connectivity index (χ1) is 13.2. The van der Waals surface area contributed by atoms with E-state index in [1.807, 2.05) is 49.4 Å². The Morgan fingerprint density at radius 1 is 1.07 bits per heavy atom. The fourth-order valence-electron chi connectivity index (χ4n) is 2.70. The molecule has 0 aliphatic carbocycles. The molecule has 27 heavy (non-hydrogen) atoms. The monoisotopic (exact) mass is 362 g/mol. The zero-order valence-electron chi connectivity index (χ0n) is 14.7. The fourth-order valence-corrected chi connectivity index (χ4v) is 2.70. The van der Waals surface area contributed by atoms with Gasteiger partial charge in [0.15, 0.2) is 11.5 Å². The molecule has 0 atom stereocenters. The zero-order valence-corrected chi connectivity index (χ0v) is 14.7. The van der Waals surface area contributed by atoms with Crippen LogP contribution < -0.4 is 20.1 Å². The number of nitrogens with zero attached hydrogens (tertiary/aromatic N) is 2. The Bertz CT molecular complexity index is 973. The number of hydrogen-bond acceptors (Lipinski definition) is 6. The number of fused-ring (bicyclic) bond motifs is 1. The Morgan fingerprint density at radius 2 is 1.85 bits per heavy atom. The van der Waals surface area contributed by atoms with Crippen molar-refractivity contribution in [2.45, 2.75) is 13.5 Å². The van der Waals surface area contributed by atoms with Gasteiger partial charge in [-0.05, 0) is 30.2 Å².